The van der Waals surface area contributed by atoms with E-state index in [1.807, 2.05) is 4.57 Å². The Morgan fingerprint density at radius 2 is 2.25 bits per heavy atom. The molecule has 0 saturated heterocycles. The van der Waals surface area contributed by atoms with Crippen molar-refractivity contribution < 1.29 is 18.0 Å². The molecule has 3 heterocycles. The molecule has 2 aromatic heterocycles. The second-order valence-corrected chi connectivity index (χ2v) is 6.05. The third kappa shape index (κ3) is 3.60. The average Bonchev–Trinajstić information content (AvgIpc) is 3.13. The molecule has 1 aliphatic rings. The van der Waals surface area contributed by atoms with Gasteiger partial charge in [-0.05, 0) is 12.8 Å². The first-order valence-corrected chi connectivity index (χ1v) is 7.64. The molecule has 24 heavy (non-hydrogen) atoms. The molecule has 130 valence electrons. The number of imidazole rings is 2. The van der Waals surface area contributed by atoms with Crippen LogP contribution in [-0.2, 0) is 30.8 Å². The van der Waals surface area contributed by atoms with E-state index in [1.165, 1.54) is 17.3 Å². The Labute approximate surface area is 136 Å². The number of amides is 1. The second-order valence-electron chi connectivity index (χ2n) is 6.05. The van der Waals surface area contributed by atoms with Gasteiger partial charge in [0.2, 0.25) is 5.91 Å². The van der Waals surface area contributed by atoms with E-state index in [0.717, 1.165) is 16.7 Å². The van der Waals surface area contributed by atoms with E-state index < -0.39 is 12.7 Å². The van der Waals surface area contributed by atoms with Crippen molar-refractivity contribution in [3.8, 4) is 0 Å². The maximum atomic E-state index is 12.6. The third-order valence-corrected chi connectivity index (χ3v) is 4.22. The predicted octanol–water partition coefficient (Wildman–Crippen LogP) is 1.86. The molecular weight excluding hydrogens is 323 g/mol. The number of fused-ring (bicyclic) bond motifs is 1. The molecule has 0 bridgehead atoms. The van der Waals surface area contributed by atoms with Crippen LogP contribution in [0.2, 0.25) is 0 Å². The summed E-state index contributed by atoms with van der Waals surface area (Å²) < 4.78 is 40.6. The summed E-state index contributed by atoms with van der Waals surface area (Å²) in [5, 5.41) is 0. The summed E-state index contributed by atoms with van der Waals surface area (Å²) in [5.41, 5.74) is 1.10. The maximum Gasteiger partial charge on any atom is 0.406 e. The molecule has 0 saturated carbocycles. The number of hydrogen-bond donors (Lipinski definition) is 0. The van der Waals surface area contributed by atoms with Crippen molar-refractivity contribution in [2.75, 3.05) is 7.05 Å². The molecule has 0 aliphatic carbocycles. The smallest absolute Gasteiger partial charge is 0.338 e. The highest BCUT2D eigenvalue weighted by Crippen LogP contribution is 2.22. The minimum Gasteiger partial charge on any atom is -0.338 e. The van der Waals surface area contributed by atoms with Crippen molar-refractivity contribution in [2.24, 2.45) is 5.92 Å². The van der Waals surface area contributed by atoms with Crippen LogP contribution in [0.3, 0.4) is 0 Å². The Bertz CT molecular complexity index is 721. The maximum absolute atomic E-state index is 12.6. The fourth-order valence-corrected chi connectivity index (χ4v) is 3.00. The fraction of sp³-hybridized carbons (Fsp3) is 0.533. The Kier molecular flexibility index (Phi) is 4.33. The largest absolute Gasteiger partial charge is 0.406 e. The number of hydrogen-bond acceptors (Lipinski definition) is 3. The zero-order valence-corrected chi connectivity index (χ0v) is 13.2. The Hall–Kier alpha value is -2.32. The number of rotatable bonds is 4. The topological polar surface area (TPSA) is 56.0 Å². The van der Waals surface area contributed by atoms with Crippen molar-refractivity contribution >= 4 is 5.91 Å². The first kappa shape index (κ1) is 16.5. The standard InChI is InChI=1S/C15H18F3N5O/c1-21(8-13-20-4-5-22(13)9-15(16,17)18)14(24)11-2-3-12-6-19-10-23(12)7-11/h4-6,10-11H,2-3,7-9H2,1H3. The Morgan fingerprint density at radius 1 is 1.46 bits per heavy atom. The molecule has 2 aromatic rings. The molecule has 1 unspecified atom stereocenters. The molecule has 0 radical (unpaired) electrons. The molecule has 0 spiro atoms. The lowest BCUT2D eigenvalue weighted by Crippen LogP contribution is -2.37. The van der Waals surface area contributed by atoms with Crippen LogP contribution in [0, 0.1) is 5.92 Å². The SMILES string of the molecule is CN(Cc1nccn1CC(F)(F)F)C(=O)C1CCc2cncn2C1. The second kappa shape index (κ2) is 6.29. The number of aromatic nitrogens is 4. The van der Waals surface area contributed by atoms with Gasteiger partial charge in [0.15, 0.2) is 0 Å². The van der Waals surface area contributed by atoms with Crippen LogP contribution in [-0.4, -0.2) is 43.1 Å². The van der Waals surface area contributed by atoms with Gasteiger partial charge in [0, 0.05) is 37.9 Å². The van der Waals surface area contributed by atoms with E-state index >= 15 is 0 Å². The number of aryl methyl sites for hydroxylation is 1. The van der Waals surface area contributed by atoms with Gasteiger partial charge in [-0.15, -0.1) is 0 Å². The van der Waals surface area contributed by atoms with Crippen molar-refractivity contribution in [2.45, 2.75) is 38.7 Å². The van der Waals surface area contributed by atoms with Gasteiger partial charge in [0.1, 0.15) is 12.4 Å². The van der Waals surface area contributed by atoms with Crippen molar-refractivity contribution in [1.82, 2.24) is 24.0 Å². The van der Waals surface area contributed by atoms with Gasteiger partial charge >= 0.3 is 6.18 Å². The molecule has 1 atom stereocenters. The van der Waals surface area contributed by atoms with Gasteiger partial charge in [-0.3, -0.25) is 4.79 Å². The van der Waals surface area contributed by atoms with Crippen LogP contribution in [0.15, 0.2) is 24.9 Å². The molecule has 0 fully saturated rings. The van der Waals surface area contributed by atoms with Crippen molar-refractivity contribution in [3.05, 3.63) is 36.4 Å². The average molecular weight is 341 g/mol. The van der Waals surface area contributed by atoms with Crippen molar-refractivity contribution in [1.29, 1.82) is 0 Å². The first-order valence-electron chi connectivity index (χ1n) is 7.64. The van der Waals surface area contributed by atoms with Crippen LogP contribution >= 0.6 is 0 Å². The summed E-state index contributed by atoms with van der Waals surface area (Å²) in [6.45, 7) is -0.503. The van der Waals surface area contributed by atoms with Gasteiger partial charge in [-0.25, -0.2) is 9.97 Å². The summed E-state index contributed by atoms with van der Waals surface area (Å²) in [6.07, 6.45) is 3.25. The normalized spacial score (nSPS) is 17.6. The Morgan fingerprint density at radius 3 is 3.00 bits per heavy atom. The number of nitrogens with zero attached hydrogens (tertiary/aromatic N) is 5. The lowest BCUT2D eigenvalue weighted by atomic mass is 9.97. The lowest BCUT2D eigenvalue weighted by Gasteiger charge is -2.27. The molecule has 0 aromatic carbocycles. The van der Waals surface area contributed by atoms with Gasteiger partial charge in [-0.2, -0.15) is 13.2 Å². The minimum absolute atomic E-state index is 0.0508. The van der Waals surface area contributed by atoms with Gasteiger partial charge in [-0.1, -0.05) is 0 Å². The molecule has 1 amide bonds. The quantitative estimate of drug-likeness (QED) is 0.853. The van der Waals surface area contributed by atoms with Crippen LogP contribution in [0.1, 0.15) is 17.9 Å². The first-order chi connectivity index (χ1) is 11.3. The number of carbonyl (C=O) groups is 1. The summed E-state index contributed by atoms with van der Waals surface area (Å²) in [5.74, 6) is -0.0547. The van der Waals surface area contributed by atoms with Crippen LogP contribution in [0.25, 0.3) is 0 Å². The monoisotopic (exact) mass is 341 g/mol. The summed E-state index contributed by atoms with van der Waals surface area (Å²) in [4.78, 5) is 22.0. The third-order valence-electron chi connectivity index (χ3n) is 4.22. The molecule has 9 heteroatoms. The zero-order chi connectivity index (χ0) is 17.3. The fourth-order valence-electron chi connectivity index (χ4n) is 3.00. The summed E-state index contributed by atoms with van der Waals surface area (Å²) >= 11 is 0. The van der Waals surface area contributed by atoms with E-state index in [4.69, 9.17) is 0 Å². The van der Waals surface area contributed by atoms with Crippen molar-refractivity contribution in [3.63, 3.8) is 0 Å². The van der Waals surface area contributed by atoms with Gasteiger partial charge < -0.3 is 14.0 Å². The molecule has 3 rings (SSSR count). The van der Waals surface area contributed by atoms with E-state index in [2.05, 4.69) is 9.97 Å². The van der Waals surface area contributed by atoms with Gasteiger partial charge in [0.25, 0.3) is 0 Å². The highest BCUT2D eigenvalue weighted by Gasteiger charge is 2.30. The van der Waals surface area contributed by atoms with Crippen LogP contribution in [0.4, 0.5) is 13.2 Å². The number of carbonyl (C=O) groups excluding carboxylic acids is 1. The van der Waals surface area contributed by atoms with Crippen LogP contribution in [0.5, 0.6) is 0 Å². The summed E-state index contributed by atoms with van der Waals surface area (Å²) in [6, 6.07) is 0. The minimum atomic E-state index is -4.32. The predicted molar refractivity (Wildman–Crippen MR) is 78.8 cm³/mol. The zero-order valence-electron chi connectivity index (χ0n) is 13.2. The highest BCUT2D eigenvalue weighted by molar-refractivity contribution is 5.78. The number of halogens is 3. The lowest BCUT2D eigenvalue weighted by molar-refractivity contribution is -0.141. The molecule has 0 N–H and O–H groups in total. The highest BCUT2D eigenvalue weighted by atomic mass is 19.4. The number of alkyl halides is 3. The summed E-state index contributed by atoms with van der Waals surface area (Å²) in [7, 11) is 1.60. The van der Waals surface area contributed by atoms with E-state index in [-0.39, 0.29) is 24.2 Å². The molecule has 6 nitrogen and oxygen atoms in total. The molecular formula is C15H18F3N5O. The van der Waals surface area contributed by atoms with E-state index in [0.29, 0.717) is 13.0 Å². The van der Waals surface area contributed by atoms with E-state index in [1.54, 1.807) is 19.6 Å². The van der Waals surface area contributed by atoms with Crippen LogP contribution < -0.4 is 0 Å². The van der Waals surface area contributed by atoms with Gasteiger partial charge in [0.05, 0.1) is 18.8 Å². The molecule has 1 aliphatic heterocycles. The van der Waals surface area contributed by atoms with E-state index in [9.17, 15) is 18.0 Å². The Balaban J connectivity index is 1.64.